The van der Waals surface area contributed by atoms with Gasteiger partial charge in [-0.1, -0.05) is 6.07 Å². The summed E-state index contributed by atoms with van der Waals surface area (Å²) >= 11 is 3.17. The van der Waals surface area contributed by atoms with Crippen LogP contribution in [0.4, 0.5) is 0 Å². The highest BCUT2D eigenvalue weighted by Crippen LogP contribution is 2.20. The second-order valence-corrected chi connectivity index (χ2v) is 6.53. The third kappa shape index (κ3) is 3.74. The Morgan fingerprint density at radius 3 is 2.80 bits per heavy atom. The lowest BCUT2D eigenvalue weighted by molar-refractivity contribution is 0.0695. The van der Waals surface area contributed by atoms with Crippen LogP contribution in [-0.4, -0.2) is 26.0 Å². The van der Waals surface area contributed by atoms with Crippen molar-refractivity contribution in [3.8, 4) is 0 Å². The summed E-state index contributed by atoms with van der Waals surface area (Å²) in [5.41, 5.74) is 1.13. The van der Waals surface area contributed by atoms with E-state index < -0.39 is 16.8 Å². The van der Waals surface area contributed by atoms with E-state index in [1.807, 2.05) is 12.1 Å². The molecule has 2 aromatic rings. The van der Waals surface area contributed by atoms with Crippen molar-refractivity contribution in [2.45, 2.75) is 11.3 Å². The molecule has 0 bridgehead atoms. The SMILES string of the molecule is O=C(O)c1cc(S(=O)CCc2cccnc2)ccc1Br. The van der Waals surface area contributed by atoms with Crippen molar-refractivity contribution >= 4 is 32.7 Å². The van der Waals surface area contributed by atoms with Gasteiger partial charge in [-0.15, -0.1) is 0 Å². The first-order chi connectivity index (χ1) is 9.58. The van der Waals surface area contributed by atoms with Gasteiger partial charge in [0.15, 0.2) is 0 Å². The minimum atomic E-state index is -1.23. The fourth-order valence-corrected chi connectivity index (χ4v) is 3.23. The first-order valence-corrected chi connectivity index (χ1v) is 7.99. The molecule has 0 radical (unpaired) electrons. The van der Waals surface area contributed by atoms with E-state index in [1.165, 1.54) is 6.07 Å². The Labute approximate surface area is 127 Å². The van der Waals surface area contributed by atoms with E-state index in [2.05, 4.69) is 20.9 Å². The fraction of sp³-hybridized carbons (Fsp3) is 0.143. The average molecular weight is 354 g/mol. The number of hydrogen-bond donors (Lipinski definition) is 1. The zero-order chi connectivity index (χ0) is 14.5. The molecule has 20 heavy (non-hydrogen) atoms. The van der Waals surface area contributed by atoms with Crippen LogP contribution >= 0.6 is 15.9 Å². The second kappa shape index (κ2) is 6.76. The van der Waals surface area contributed by atoms with Gasteiger partial charge in [-0.25, -0.2) is 4.79 Å². The van der Waals surface area contributed by atoms with Gasteiger partial charge in [0.25, 0.3) is 0 Å². The number of nitrogens with zero attached hydrogens (tertiary/aromatic N) is 1. The van der Waals surface area contributed by atoms with Crippen LogP contribution in [0.3, 0.4) is 0 Å². The first kappa shape index (κ1) is 14.9. The molecule has 0 fully saturated rings. The minimum absolute atomic E-state index is 0.122. The highest BCUT2D eigenvalue weighted by molar-refractivity contribution is 9.10. The summed E-state index contributed by atoms with van der Waals surface area (Å²) in [6.45, 7) is 0. The number of carboxylic acids is 1. The number of carboxylic acid groups (broad SMARTS) is 1. The number of aryl methyl sites for hydroxylation is 1. The van der Waals surface area contributed by atoms with Crippen LogP contribution in [0.1, 0.15) is 15.9 Å². The maximum Gasteiger partial charge on any atom is 0.336 e. The molecular formula is C14H12BrNO3S. The molecule has 2 rings (SSSR count). The van der Waals surface area contributed by atoms with Crippen molar-refractivity contribution in [1.29, 1.82) is 0 Å². The molecule has 0 spiro atoms. The van der Waals surface area contributed by atoms with E-state index in [-0.39, 0.29) is 5.56 Å². The van der Waals surface area contributed by atoms with E-state index in [9.17, 15) is 9.00 Å². The first-order valence-electron chi connectivity index (χ1n) is 5.88. The van der Waals surface area contributed by atoms with Crippen LogP contribution in [0.25, 0.3) is 0 Å². The highest BCUT2D eigenvalue weighted by atomic mass is 79.9. The maximum atomic E-state index is 12.2. The monoisotopic (exact) mass is 353 g/mol. The van der Waals surface area contributed by atoms with Crippen LogP contribution in [0.2, 0.25) is 0 Å². The Morgan fingerprint density at radius 2 is 2.15 bits per heavy atom. The van der Waals surface area contributed by atoms with Crippen LogP contribution in [0, 0.1) is 0 Å². The van der Waals surface area contributed by atoms with E-state index >= 15 is 0 Å². The Hall–Kier alpha value is -1.53. The van der Waals surface area contributed by atoms with E-state index in [1.54, 1.807) is 24.5 Å². The average Bonchev–Trinajstić information content (AvgIpc) is 2.46. The Bertz CT molecular complexity index is 646. The summed E-state index contributed by atoms with van der Waals surface area (Å²) in [4.78, 5) is 15.6. The Balaban J connectivity index is 2.10. The summed E-state index contributed by atoms with van der Waals surface area (Å²) in [5, 5.41) is 9.04. The number of halogens is 1. The standard InChI is InChI=1S/C14H12BrNO3S/c15-13-4-3-11(8-12(13)14(17)18)20(19)7-5-10-2-1-6-16-9-10/h1-4,6,8-9H,5,7H2,(H,17,18). The molecule has 0 aliphatic carbocycles. The van der Waals surface area contributed by atoms with Gasteiger partial charge < -0.3 is 5.11 Å². The number of aromatic carboxylic acids is 1. The number of aromatic nitrogens is 1. The van der Waals surface area contributed by atoms with Gasteiger partial charge in [-0.2, -0.15) is 0 Å². The quantitative estimate of drug-likeness (QED) is 0.897. The number of hydrogen-bond acceptors (Lipinski definition) is 3. The summed E-state index contributed by atoms with van der Waals surface area (Å²) in [5.74, 6) is -0.602. The zero-order valence-corrected chi connectivity index (χ0v) is 12.9. The van der Waals surface area contributed by atoms with Crippen LogP contribution < -0.4 is 0 Å². The molecule has 0 aliphatic heterocycles. The number of rotatable bonds is 5. The zero-order valence-electron chi connectivity index (χ0n) is 10.5. The van der Waals surface area contributed by atoms with Crippen LogP contribution in [0.15, 0.2) is 52.1 Å². The molecule has 104 valence electrons. The molecule has 0 amide bonds. The highest BCUT2D eigenvalue weighted by Gasteiger charge is 2.12. The number of benzene rings is 1. The molecule has 0 saturated carbocycles. The van der Waals surface area contributed by atoms with Crippen molar-refractivity contribution in [3.05, 3.63) is 58.3 Å². The Morgan fingerprint density at radius 1 is 1.35 bits per heavy atom. The molecular weight excluding hydrogens is 342 g/mol. The summed E-state index contributed by atoms with van der Waals surface area (Å²) in [6.07, 6.45) is 4.06. The molecule has 1 atom stereocenters. The molecule has 1 aromatic heterocycles. The molecule has 1 aromatic carbocycles. The molecule has 0 saturated heterocycles. The van der Waals surface area contributed by atoms with E-state index in [4.69, 9.17) is 5.11 Å². The van der Waals surface area contributed by atoms with Gasteiger partial charge in [0.05, 0.1) is 16.4 Å². The molecule has 6 heteroatoms. The van der Waals surface area contributed by atoms with Gasteiger partial charge in [-0.05, 0) is 52.2 Å². The maximum absolute atomic E-state index is 12.2. The lowest BCUT2D eigenvalue weighted by Crippen LogP contribution is -2.04. The molecule has 1 heterocycles. The van der Waals surface area contributed by atoms with Crippen molar-refractivity contribution in [3.63, 3.8) is 0 Å². The topological polar surface area (TPSA) is 67.3 Å². The van der Waals surface area contributed by atoms with Gasteiger partial charge in [0, 0.05) is 27.5 Å². The predicted molar refractivity (Wildman–Crippen MR) is 80.3 cm³/mol. The number of carbonyl (C=O) groups is 1. The summed E-state index contributed by atoms with van der Waals surface area (Å²) < 4.78 is 12.7. The molecule has 1 N–H and O–H groups in total. The van der Waals surface area contributed by atoms with Gasteiger partial charge in [0.1, 0.15) is 0 Å². The van der Waals surface area contributed by atoms with Gasteiger partial charge in [0.2, 0.25) is 0 Å². The third-order valence-corrected chi connectivity index (χ3v) is 4.78. The largest absolute Gasteiger partial charge is 0.478 e. The molecule has 4 nitrogen and oxygen atoms in total. The lowest BCUT2D eigenvalue weighted by Gasteiger charge is -2.05. The normalized spacial score (nSPS) is 12.1. The fourth-order valence-electron chi connectivity index (χ4n) is 1.68. The van der Waals surface area contributed by atoms with E-state index in [0.29, 0.717) is 21.5 Å². The molecule has 1 unspecified atom stereocenters. The van der Waals surface area contributed by atoms with Gasteiger partial charge in [-0.3, -0.25) is 9.19 Å². The second-order valence-electron chi connectivity index (χ2n) is 4.11. The van der Waals surface area contributed by atoms with Crippen molar-refractivity contribution in [2.75, 3.05) is 5.75 Å². The van der Waals surface area contributed by atoms with Gasteiger partial charge >= 0.3 is 5.97 Å². The third-order valence-electron chi connectivity index (χ3n) is 2.73. The Kier molecular flexibility index (Phi) is 5.03. The van der Waals surface area contributed by atoms with E-state index in [0.717, 1.165) is 5.56 Å². The van der Waals surface area contributed by atoms with Crippen molar-refractivity contribution in [2.24, 2.45) is 0 Å². The minimum Gasteiger partial charge on any atom is -0.478 e. The smallest absolute Gasteiger partial charge is 0.336 e. The van der Waals surface area contributed by atoms with Crippen molar-refractivity contribution in [1.82, 2.24) is 4.98 Å². The van der Waals surface area contributed by atoms with Crippen LogP contribution in [-0.2, 0) is 17.2 Å². The summed E-state index contributed by atoms with van der Waals surface area (Å²) in [7, 11) is -1.23. The summed E-state index contributed by atoms with van der Waals surface area (Å²) in [6, 6.07) is 8.50. The number of pyridine rings is 1. The predicted octanol–water partition coefficient (Wildman–Crippen LogP) is 2.89. The van der Waals surface area contributed by atoms with Crippen LogP contribution in [0.5, 0.6) is 0 Å². The molecule has 0 aliphatic rings. The van der Waals surface area contributed by atoms with Crippen molar-refractivity contribution < 1.29 is 14.1 Å². The lowest BCUT2D eigenvalue weighted by atomic mass is 10.2.